The van der Waals surface area contributed by atoms with Crippen LogP contribution in [0.2, 0.25) is 0 Å². The number of rotatable bonds is 13. The number of aliphatic hydroxyl groups excluding tert-OH is 1. The largest absolute Gasteiger partial charge is 0.508 e. The summed E-state index contributed by atoms with van der Waals surface area (Å²) in [5.41, 5.74) is 0.167. The van der Waals surface area contributed by atoms with Crippen LogP contribution < -0.4 is 4.74 Å². The number of nitrogens with zero attached hydrogens (tertiary/aromatic N) is 2. The molecule has 2 fully saturated rings. The number of thiazole rings is 1. The number of carbonyl (C=O) groups is 6. The maximum atomic E-state index is 14.5. The molecule has 3 aliphatic rings. The van der Waals surface area contributed by atoms with Crippen LogP contribution in [0.5, 0.6) is 5.75 Å². The monoisotopic (exact) mass is 886 g/mol. The third kappa shape index (κ3) is 12.1. The van der Waals surface area contributed by atoms with Gasteiger partial charge in [-0.05, 0) is 101 Å². The van der Waals surface area contributed by atoms with Gasteiger partial charge < -0.3 is 28.8 Å². The summed E-state index contributed by atoms with van der Waals surface area (Å²) in [6.07, 6.45) is 3.75. The van der Waals surface area contributed by atoms with E-state index in [1.54, 1.807) is 55.5 Å². The van der Waals surface area contributed by atoms with E-state index in [4.69, 9.17) is 23.7 Å². The molecular formula is C48H58N2O12S. The summed E-state index contributed by atoms with van der Waals surface area (Å²) < 4.78 is 30.2. The number of carbonyl (C=O) groups excluding carboxylic acids is 6. The molecule has 2 saturated heterocycles. The molecule has 0 saturated carbocycles. The number of allylic oxidation sites excluding steroid dienone is 1. The zero-order valence-electron chi connectivity index (χ0n) is 36.7. The molecule has 63 heavy (non-hydrogen) atoms. The number of aromatic nitrogens is 1. The SMILES string of the molecule is C=CCC1C(=O)C(C)(C)C(OC(=O)OCc2ccc(OC(=O)CCCCCN3C(=O)C=CC3=O)cc2)CC(=O)OC(c2ccc3sc(C)nc3c2)CC2OC2(C)CCCC(C)C1O. The van der Waals surface area contributed by atoms with Crippen LogP contribution in [0.25, 0.3) is 10.2 Å². The maximum absolute atomic E-state index is 14.5. The molecule has 3 aromatic rings. The highest BCUT2D eigenvalue weighted by molar-refractivity contribution is 7.18. The van der Waals surface area contributed by atoms with Crippen molar-refractivity contribution in [2.75, 3.05) is 6.54 Å². The van der Waals surface area contributed by atoms with E-state index >= 15 is 0 Å². The number of cyclic esters (lactones) is 1. The van der Waals surface area contributed by atoms with Crippen LogP contribution in [-0.4, -0.2) is 81.1 Å². The van der Waals surface area contributed by atoms with Gasteiger partial charge in [-0.25, -0.2) is 9.78 Å². The summed E-state index contributed by atoms with van der Waals surface area (Å²) in [5, 5.41) is 12.5. The second-order valence-electron chi connectivity index (χ2n) is 17.6. The summed E-state index contributed by atoms with van der Waals surface area (Å²) in [5.74, 6) is -3.04. The van der Waals surface area contributed by atoms with E-state index in [0.29, 0.717) is 50.0 Å². The van der Waals surface area contributed by atoms with E-state index in [9.17, 15) is 33.9 Å². The molecule has 0 spiro atoms. The number of benzene rings is 2. The minimum absolute atomic E-state index is 0.147. The highest BCUT2D eigenvalue weighted by Crippen LogP contribution is 2.47. The maximum Gasteiger partial charge on any atom is 0.508 e. The zero-order valence-corrected chi connectivity index (χ0v) is 37.5. The van der Waals surface area contributed by atoms with Crippen molar-refractivity contribution in [1.82, 2.24) is 9.88 Å². The quantitative estimate of drug-likeness (QED) is 0.0432. The van der Waals surface area contributed by atoms with E-state index in [1.807, 2.05) is 39.0 Å². The molecule has 6 rings (SSSR count). The lowest BCUT2D eigenvalue weighted by Gasteiger charge is -2.37. The second-order valence-corrected chi connectivity index (χ2v) is 18.8. The zero-order chi connectivity index (χ0) is 45.5. The fourth-order valence-electron chi connectivity index (χ4n) is 8.37. The number of hydrogen-bond donors (Lipinski definition) is 1. The first-order valence-corrected chi connectivity index (χ1v) is 22.5. The summed E-state index contributed by atoms with van der Waals surface area (Å²) in [6.45, 7) is 13.0. The third-order valence-electron chi connectivity index (χ3n) is 12.4. The van der Waals surface area contributed by atoms with Gasteiger partial charge in [0, 0.05) is 37.5 Å². The van der Waals surface area contributed by atoms with Crippen molar-refractivity contribution in [3.05, 3.63) is 83.4 Å². The Hall–Kier alpha value is -5.25. The summed E-state index contributed by atoms with van der Waals surface area (Å²) >= 11 is 1.57. The van der Waals surface area contributed by atoms with Gasteiger partial charge in [0.2, 0.25) is 0 Å². The van der Waals surface area contributed by atoms with Crippen molar-refractivity contribution >= 4 is 57.2 Å². The normalized spacial score (nSPS) is 26.5. The molecule has 338 valence electrons. The first kappa shape index (κ1) is 47.2. The van der Waals surface area contributed by atoms with E-state index in [0.717, 1.165) is 33.6 Å². The van der Waals surface area contributed by atoms with Gasteiger partial charge in [-0.15, -0.1) is 17.9 Å². The van der Waals surface area contributed by atoms with Crippen LogP contribution in [0.3, 0.4) is 0 Å². The number of Topliss-reactive ketones (excluding diaryl/α,β-unsaturated/α-hetero) is 1. The van der Waals surface area contributed by atoms with Crippen molar-refractivity contribution in [3.63, 3.8) is 0 Å². The molecule has 0 radical (unpaired) electrons. The van der Waals surface area contributed by atoms with Crippen LogP contribution in [0.4, 0.5) is 4.79 Å². The number of ether oxygens (including phenoxy) is 5. The van der Waals surface area contributed by atoms with Crippen molar-refractivity contribution in [1.29, 1.82) is 0 Å². The molecule has 0 bridgehead atoms. The Morgan fingerprint density at radius 3 is 2.48 bits per heavy atom. The summed E-state index contributed by atoms with van der Waals surface area (Å²) in [7, 11) is 0. The average Bonchev–Trinajstić information content (AvgIpc) is 3.52. The van der Waals surface area contributed by atoms with Crippen LogP contribution in [0.15, 0.2) is 67.3 Å². The number of epoxide rings is 1. The Morgan fingerprint density at radius 2 is 1.76 bits per heavy atom. The number of aryl methyl sites for hydroxylation is 1. The molecule has 7 atom stereocenters. The van der Waals surface area contributed by atoms with Crippen LogP contribution >= 0.6 is 11.3 Å². The topological polar surface area (TPSA) is 188 Å². The Balaban J connectivity index is 1.11. The molecular weight excluding hydrogens is 829 g/mol. The van der Waals surface area contributed by atoms with Crippen molar-refractivity contribution in [2.45, 2.75) is 135 Å². The highest BCUT2D eigenvalue weighted by atomic mass is 32.1. The highest BCUT2D eigenvalue weighted by Gasteiger charge is 2.53. The van der Waals surface area contributed by atoms with Gasteiger partial charge in [-0.1, -0.05) is 44.0 Å². The van der Waals surface area contributed by atoms with E-state index in [2.05, 4.69) is 11.6 Å². The summed E-state index contributed by atoms with van der Waals surface area (Å²) in [4.78, 5) is 83.6. The molecule has 1 N–H and O–H groups in total. The molecule has 3 aliphatic heterocycles. The van der Waals surface area contributed by atoms with E-state index < -0.39 is 65.5 Å². The first-order valence-electron chi connectivity index (χ1n) is 21.7. The minimum atomic E-state index is -1.48. The number of fused-ring (bicyclic) bond motifs is 2. The summed E-state index contributed by atoms with van der Waals surface area (Å²) in [6, 6.07) is 12.2. The van der Waals surface area contributed by atoms with Gasteiger partial charge >= 0.3 is 18.1 Å². The first-order chi connectivity index (χ1) is 30.0. The fraction of sp³-hybridized carbons (Fsp3) is 0.521. The Morgan fingerprint density at radius 1 is 1.03 bits per heavy atom. The number of amides is 2. The number of esters is 2. The Kier molecular flexibility index (Phi) is 15.4. The smallest absolute Gasteiger partial charge is 0.457 e. The van der Waals surface area contributed by atoms with Crippen LogP contribution in [0.1, 0.15) is 114 Å². The Bertz CT molecular complexity index is 2200. The molecule has 2 aromatic carbocycles. The minimum Gasteiger partial charge on any atom is -0.457 e. The molecule has 4 heterocycles. The standard InChI is InChI=1S/C48H58N2O12S/c1-7-12-34-44(55)29(2)13-11-23-48(6)39(62-48)26-36(32-17-20-37-35(25-32)49-30(3)63-37)60-43(54)27-38(47(4,5)45(34)56)61-46(57)58-28-31-15-18-33(19-16-31)59-42(53)14-9-8-10-24-50-40(51)21-22-41(50)52/h7,15-22,25,29,34,36,38-39,44,55H,1,8-14,23-24,26-28H2,2-6H3. The Labute approximate surface area is 371 Å². The number of aliphatic hydroxyl groups is 1. The molecule has 2 amide bonds. The molecule has 15 heteroatoms. The van der Waals surface area contributed by atoms with E-state index in [1.165, 1.54) is 17.1 Å². The molecule has 7 unspecified atom stereocenters. The molecule has 14 nitrogen and oxygen atoms in total. The number of imide groups is 1. The predicted octanol–water partition coefficient (Wildman–Crippen LogP) is 8.21. The van der Waals surface area contributed by atoms with Gasteiger partial charge in [0.15, 0.2) is 0 Å². The fourth-order valence-corrected chi connectivity index (χ4v) is 9.18. The molecule has 1 aromatic heterocycles. The molecule has 0 aliphatic carbocycles. The lowest BCUT2D eigenvalue weighted by molar-refractivity contribution is -0.157. The van der Waals surface area contributed by atoms with Crippen molar-refractivity contribution in [2.24, 2.45) is 17.3 Å². The van der Waals surface area contributed by atoms with Crippen molar-refractivity contribution in [3.8, 4) is 5.75 Å². The van der Waals surface area contributed by atoms with Gasteiger partial charge in [0.25, 0.3) is 11.8 Å². The van der Waals surface area contributed by atoms with E-state index in [-0.39, 0.29) is 43.3 Å². The lowest BCUT2D eigenvalue weighted by Crippen LogP contribution is -2.48. The lowest BCUT2D eigenvalue weighted by atomic mass is 9.71. The van der Waals surface area contributed by atoms with Gasteiger partial charge in [0.1, 0.15) is 30.3 Å². The second kappa shape index (κ2) is 20.5. The average molecular weight is 887 g/mol. The van der Waals surface area contributed by atoms with Crippen LogP contribution in [0, 0.1) is 24.2 Å². The van der Waals surface area contributed by atoms with Gasteiger partial charge in [0.05, 0.1) is 44.9 Å². The van der Waals surface area contributed by atoms with Gasteiger partial charge in [-0.3, -0.25) is 28.9 Å². The predicted molar refractivity (Wildman–Crippen MR) is 233 cm³/mol. The van der Waals surface area contributed by atoms with Crippen LogP contribution in [-0.2, 0) is 49.5 Å². The number of ketones is 1. The van der Waals surface area contributed by atoms with Crippen molar-refractivity contribution < 1.29 is 57.6 Å². The number of unbranched alkanes of at least 4 members (excludes halogenated alkanes) is 2. The third-order valence-corrected chi connectivity index (χ3v) is 13.4. The van der Waals surface area contributed by atoms with Gasteiger partial charge in [-0.2, -0.15) is 0 Å². The number of hydrogen-bond acceptors (Lipinski definition) is 14.